The summed E-state index contributed by atoms with van der Waals surface area (Å²) < 4.78 is 50.4. The third-order valence-corrected chi connectivity index (χ3v) is 6.07. The third kappa shape index (κ3) is 7.36. The Morgan fingerprint density at radius 1 is 1.11 bits per heavy atom. The minimum Gasteiger partial charge on any atom is -0.484 e. The van der Waals surface area contributed by atoms with Gasteiger partial charge in [0.25, 0.3) is 0 Å². The van der Waals surface area contributed by atoms with Crippen molar-refractivity contribution in [3.05, 3.63) is 64.1 Å². The van der Waals surface area contributed by atoms with Crippen molar-refractivity contribution in [1.82, 2.24) is 10.2 Å². The van der Waals surface area contributed by atoms with E-state index in [0.29, 0.717) is 24.9 Å². The van der Waals surface area contributed by atoms with E-state index in [9.17, 15) is 27.6 Å². The zero-order valence-corrected chi connectivity index (χ0v) is 20.7. The fourth-order valence-corrected chi connectivity index (χ4v) is 3.98. The lowest BCUT2D eigenvalue weighted by molar-refractivity contribution is -0.174. The number of amides is 2. The molecule has 8 nitrogen and oxygen atoms in total. The van der Waals surface area contributed by atoms with E-state index in [0.717, 1.165) is 4.47 Å². The monoisotopic (exact) mass is 572 g/mol. The molecule has 0 aliphatic carbocycles. The molecule has 2 aromatic carbocycles. The molecule has 1 saturated heterocycles. The molecule has 1 aliphatic heterocycles. The van der Waals surface area contributed by atoms with Gasteiger partial charge in [0.15, 0.2) is 0 Å². The summed E-state index contributed by atoms with van der Waals surface area (Å²) in [7, 11) is 0. The molecule has 1 heterocycles. The average Bonchev–Trinajstić information content (AvgIpc) is 2.83. The van der Waals surface area contributed by atoms with Crippen LogP contribution in [0.5, 0.6) is 5.75 Å². The number of hydrogen-bond acceptors (Lipinski definition) is 5. The first-order valence-electron chi connectivity index (χ1n) is 11.0. The fourth-order valence-electron chi connectivity index (χ4n) is 3.72. The number of piperidine rings is 1. The Morgan fingerprint density at radius 2 is 1.75 bits per heavy atom. The highest BCUT2D eigenvalue weighted by molar-refractivity contribution is 9.10. The van der Waals surface area contributed by atoms with Crippen LogP contribution in [0, 0.1) is 0 Å². The van der Waals surface area contributed by atoms with Gasteiger partial charge in [-0.1, -0.05) is 28.1 Å². The molecule has 3 rings (SSSR count). The van der Waals surface area contributed by atoms with Gasteiger partial charge in [-0.05, 0) is 61.7 Å². The number of nitrogens with one attached hydrogen (secondary N) is 1. The lowest BCUT2D eigenvalue weighted by Gasteiger charge is -2.30. The van der Waals surface area contributed by atoms with E-state index in [1.165, 1.54) is 36.1 Å². The van der Waals surface area contributed by atoms with Gasteiger partial charge in [0.2, 0.25) is 0 Å². The Balaban J connectivity index is 1.70. The summed E-state index contributed by atoms with van der Waals surface area (Å²) in [5, 5.41) is 11.0. The van der Waals surface area contributed by atoms with Crippen LogP contribution in [0.1, 0.15) is 41.8 Å². The molecule has 36 heavy (non-hydrogen) atoms. The van der Waals surface area contributed by atoms with Crippen LogP contribution in [0.2, 0.25) is 0 Å². The normalized spacial score (nSPS) is 17.6. The quantitative estimate of drug-likeness (QED) is 0.455. The second-order valence-electron chi connectivity index (χ2n) is 8.27. The van der Waals surface area contributed by atoms with Crippen molar-refractivity contribution >= 4 is 33.9 Å². The first-order chi connectivity index (χ1) is 16.9. The van der Waals surface area contributed by atoms with Gasteiger partial charge in [-0.2, -0.15) is 13.2 Å². The highest BCUT2D eigenvalue weighted by Gasteiger charge is 2.40. The predicted molar refractivity (Wildman–Crippen MR) is 126 cm³/mol. The Labute approximate surface area is 213 Å². The predicted octanol–water partition coefficient (Wildman–Crippen LogP) is 4.94. The number of esters is 1. The van der Waals surface area contributed by atoms with E-state index >= 15 is 0 Å². The van der Waals surface area contributed by atoms with Gasteiger partial charge in [0, 0.05) is 11.0 Å². The Kier molecular flexibility index (Phi) is 8.83. The number of rotatable bonds is 7. The number of likely N-dealkylation sites (tertiary alicyclic amines) is 1. The summed E-state index contributed by atoms with van der Waals surface area (Å²) in [5.41, 5.74) is 0.727. The summed E-state index contributed by atoms with van der Waals surface area (Å²) in [5.74, 6) is -2.46. The molecule has 0 radical (unpaired) electrons. The molecule has 0 aromatic heterocycles. The number of nitrogens with zero attached hydrogens (tertiary/aromatic N) is 1. The average molecular weight is 573 g/mol. The first kappa shape index (κ1) is 27.3. The summed E-state index contributed by atoms with van der Waals surface area (Å²) in [6, 6.07) is 11.5. The molecule has 1 aliphatic rings. The van der Waals surface area contributed by atoms with Crippen molar-refractivity contribution in [2.75, 3.05) is 13.1 Å². The van der Waals surface area contributed by atoms with Crippen LogP contribution in [-0.2, 0) is 9.53 Å². The summed E-state index contributed by atoms with van der Waals surface area (Å²) >= 11 is 3.30. The number of hydrogen-bond donors (Lipinski definition) is 2. The van der Waals surface area contributed by atoms with Crippen LogP contribution in [0.15, 0.2) is 53.0 Å². The van der Waals surface area contributed by atoms with Gasteiger partial charge in [-0.15, -0.1) is 0 Å². The highest BCUT2D eigenvalue weighted by Crippen LogP contribution is 2.28. The van der Waals surface area contributed by atoms with Crippen LogP contribution < -0.4 is 10.1 Å². The molecule has 2 amide bonds. The number of carboxylic acid groups (broad SMARTS) is 1. The van der Waals surface area contributed by atoms with Crippen LogP contribution in [0.4, 0.5) is 18.0 Å². The van der Waals surface area contributed by atoms with Crippen molar-refractivity contribution in [3.8, 4) is 5.75 Å². The molecule has 0 saturated carbocycles. The second kappa shape index (κ2) is 11.6. The molecule has 12 heteroatoms. The number of benzene rings is 2. The molecule has 2 N–H and O–H groups in total. The van der Waals surface area contributed by atoms with Gasteiger partial charge in [-0.3, -0.25) is 4.79 Å². The van der Waals surface area contributed by atoms with Crippen molar-refractivity contribution in [2.45, 2.75) is 44.2 Å². The van der Waals surface area contributed by atoms with E-state index in [1.54, 1.807) is 24.3 Å². The van der Waals surface area contributed by atoms with Gasteiger partial charge < -0.3 is 24.8 Å². The van der Waals surface area contributed by atoms with Crippen LogP contribution in [0.25, 0.3) is 0 Å². The summed E-state index contributed by atoms with van der Waals surface area (Å²) in [6.45, 7) is 1.88. The van der Waals surface area contributed by atoms with Crippen molar-refractivity contribution < 1.29 is 42.1 Å². The molecular formula is C24H24BrF3N2O6. The number of alkyl halides is 3. The van der Waals surface area contributed by atoms with E-state index in [2.05, 4.69) is 15.9 Å². The molecule has 2 unspecified atom stereocenters. The van der Waals surface area contributed by atoms with Gasteiger partial charge >= 0.3 is 24.1 Å². The van der Waals surface area contributed by atoms with E-state index in [1.807, 2.05) is 5.32 Å². The standard InChI is InChI=1S/C24H24BrF3N2O6/c1-14(29-22(32)24(26,27)28)20(15-4-8-17(25)9-5-15)35-18-10-6-16(7-11-18)21(31)36-19-3-2-12-30(13-19)23(33)34/h4-11,14,19-20H,2-3,12-13H2,1H3,(H,29,32)(H,33,34)/t14?,19-,20?/m0/s1. The first-order valence-corrected chi connectivity index (χ1v) is 11.8. The highest BCUT2D eigenvalue weighted by atomic mass is 79.9. The largest absolute Gasteiger partial charge is 0.484 e. The Hall–Kier alpha value is -3.28. The Bertz CT molecular complexity index is 1080. The van der Waals surface area contributed by atoms with Crippen molar-refractivity contribution in [1.29, 1.82) is 0 Å². The molecule has 3 atom stereocenters. The maximum atomic E-state index is 12.8. The smallest absolute Gasteiger partial charge is 0.471 e. The van der Waals surface area contributed by atoms with Gasteiger partial charge in [-0.25, -0.2) is 9.59 Å². The topological polar surface area (TPSA) is 105 Å². The molecule has 2 aromatic rings. The molecule has 1 fully saturated rings. The van der Waals surface area contributed by atoms with Crippen LogP contribution >= 0.6 is 15.9 Å². The van der Waals surface area contributed by atoms with Gasteiger partial charge in [0.05, 0.1) is 18.2 Å². The third-order valence-electron chi connectivity index (χ3n) is 5.54. The summed E-state index contributed by atoms with van der Waals surface area (Å²) in [6.07, 6.45) is -6.51. The lowest BCUT2D eigenvalue weighted by atomic mass is 10.0. The maximum absolute atomic E-state index is 12.8. The summed E-state index contributed by atoms with van der Waals surface area (Å²) in [4.78, 5) is 36.3. The molecule has 194 valence electrons. The van der Waals surface area contributed by atoms with E-state index in [-0.39, 0.29) is 17.9 Å². The lowest BCUT2D eigenvalue weighted by Crippen LogP contribution is -2.45. The fraction of sp³-hybridized carbons (Fsp3) is 0.375. The molecule has 0 spiro atoms. The number of halogens is 4. The SMILES string of the molecule is CC(NC(=O)C(F)(F)F)C(Oc1ccc(C(=O)O[C@H]2CCCN(C(=O)O)C2)cc1)c1ccc(Br)cc1. The molecular weight excluding hydrogens is 549 g/mol. The maximum Gasteiger partial charge on any atom is 0.471 e. The number of ether oxygens (including phenoxy) is 2. The van der Waals surface area contributed by atoms with Crippen LogP contribution in [-0.4, -0.2) is 59.4 Å². The molecule has 0 bridgehead atoms. The zero-order chi connectivity index (χ0) is 26.5. The van der Waals surface area contributed by atoms with E-state index < -0.39 is 42.4 Å². The van der Waals surface area contributed by atoms with Crippen molar-refractivity contribution in [3.63, 3.8) is 0 Å². The minimum absolute atomic E-state index is 0.0959. The van der Waals surface area contributed by atoms with E-state index in [4.69, 9.17) is 14.6 Å². The zero-order valence-electron chi connectivity index (χ0n) is 19.1. The number of carbonyl (C=O) groups is 3. The van der Waals surface area contributed by atoms with Crippen LogP contribution in [0.3, 0.4) is 0 Å². The van der Waals surface area contributed by atoms with Gasteiger partial charge in [0.1, 0.15) is 18.0 Å². The van der Waals surface area contributed by atoms with Crippen molar-refractivity contribution in [2.24, 2.45) is 0 Å². The Morgan fingerprint density at radius 3 is 2.33 bits per heavy atom. The number of carbonyl (C=O) groups excluding carboxylic acids is 2. The minimum atomic E-state index is -5.04. The second-order valence-corrected chi connectivity index (χ2v) is 9.19.